The van der Waals surface area contributed by atoms with E-state index >= 15 is 0 Å². The molecule has 0 unspecified atom stereocenters. The molecule has 1 aliphatic heterocycles. The molecular formula is C14H11N3O2. The third kappa shape index (κ3) is 1.55. The van der Waals surface area contributed by atoms with Crippen LogP contribution < -0.4 is 16.4 Å². The van der Waals surface area contributed by atoms with Crippen LogP contribution in [0.4, 0.5) is 17.1 Å². The lowest BCUT2D eigenvalue weighted by Gasteiger charge is -2.13. The Morgan fingerprint density at radius 3 is 2.16 bits per heavy atom. The topological polar surface area (TPSA) is 89.4 Å². The molecule has 0 bridgehead atoms. The molecule has 0 fully saturated rings. The van der Waals surface area contributed by atoms with Crippen molar-refractivity contribution in [2.24, 2.45) is 0 Å². The molecule has 19 heavy (non-hydrogen) atoms. The van der Waals surface area contributed by atoms with Crippen LogP contribution in [0.2, 0.25) is 0 Å². The maximum Gasteiger partial charge on any atom is 0.268 e. The Bertz CT molecular complexity index is 692. The zero-order valence-electron chi connectivity index (χ0n) is 9.96. The molecule has 4 N–H and O–H groups in total. The predicted octanol–water partition coefficient (Wildman–Crippen LogP) is 1.65. The average Bonchev–Trinajstić information content (AvgIpc) is 2.65. The molecule has 0 aliphatic carbocycles. The van der Waals surface area contributed by atoms with Gasteiger partial charge in [0, 0.05) is 11.4 Å². The normalized spacial score (nSPS) is 13.8. The van der Waals surface area contributed by atoms with E-state index in [9.17, 15) is 9.59 Å². The van der Waals surface area contributed by atoms with Gasteiger partial charge in [0.2, 0.25) is 0 Å². The fraction of sp³-hybridized carbons (Fsp3) is 0. The first-order chi connectivity index (χ1) is 9.09. The van der Waals surface area contributed by atoms with Crippen molar-refractivity contribution in [3.63, 3.8) is 0 Å². The van der Waals surface area contributed by atoms with Gasteiger partial charge in [-0.05, 0) is 36.4 Å². The van der Waals surface area contributed by atoms with Crippen LogP contribution in [0.1, 0.15) is 20.7 Å². The number of hydrogen-bond acceptors (Lipinski definition) is 4. The second-order valence-electron chi connectivity index (χ2n) is 4.31. The Morgan fingerprint density at radius 2 is 1.53 bits per heavy atom. The van der Waals surface area contributed by atoms with Crippen LogP contribution in [0.15, 0.2) is 42.5 Å². The van der Waals surface area contributed by atoms with Crippen LogP contribution in [0, 0.1) is 0 Å². The molecule has 0 spiro atoms. The Balaban J connectivity index is 2.13. The number of carbonyl (C=O) groups is 2. The van der Waals surface area contributed by atoms with Crippen LogP contribution in [-0.2, 0) is 0 Å². The first kappa shape index (κ1) is 11.3. The summed E-state index contributed by atoms with van der Waals surface area (Å²) >= 11 is 0. The maximum atomic E-state index is 12.3. The van der Waals surface area contributed by atoms with Gasteiger partial charge in [0.1, 0.15) is 0 Å². The Morgan fingerprint density at radius 1 is 0.842 bits per heavy atom. The van der Waals surface area contributed by atoms with Crippen LogP contribution in [0.5, 0.6) is 0 Å². The minimum Gasteiger partial charge on any atom is -0.399 e. The highest BCUT2D eigenvalue weighted by Gasteiger charge is 2.37. The molecule has 0 atom stereocenters. The number of benzene rings is 2. The first-order valence-corrected chi connectivity index (χ1v) is 5.72. The first-order valence-electron chi connectivity index (χ1n) is 5.72. The van der Waals surface area contributed by atoms with Gasteiger partial charge >= 0.3 is 0 Å². The third-order valence-corrected chi connectivity index (χ3v) is 3.10. The number of rotatable bonds is 1. The van der Waals surface area contributed by atoms with Crippen LogP contribution in [0.25, 0.3) is 0 Å². The van der Waals surface area contributed by atoms with Crippen molar-refractivity contribution in [1.82, 2.24) is 0 Å². The van der Waals surface area contributed by atoms with E-state index in [2.05, 4.69) is 0 Å². The fourth-order valence-corrected chi connectivity index (χ4v) is 2.17. The van der Waals surface area contributed by atoms with Gasteiger partial charge < -0.3 is 11.5 Å². The third-order valence-electron chi connectivity index (χ3n) is 3.10. The average molecular weight is 253 g/mol. The van der Waals surface area contributed by atoms with Crippen molar-refractivity contribution in [3.05, 3.63) is 53.6 Å². The lowest BCUT2D eigenvalue weighted by molar-refractivity contribution is 0.0926. The van der Waals surface area contributed by atoms with Crippen molar-refractivity contribution in [2.45, 2.75) is 0 Å². The monoisotopic (exact) mass is 253 g/mol. The number of anilines is 3. The second-order valence-corrected chi connectivity index (χ2v) is 4.31. The van der Waals surface area contributed by atoms with Crippen LogP contribution in [-0.4, -0.2) is 11.8 Å². The number of nitrogens with zero attached hydrogens (tertiary/aromatic N) is 1. The summed E-state index contributed by atoms with van der Waals surface area (Å²) in [5.41, 5.74) is 13.3. The molecule has 94 valence electrons. The number of amides is 2. The zero-order valence-corrected chi connectivity index (χ0v) is 9.96. The number of nitrogens with two attached hydrogens (primary N) is 2. The smallest absolute Gasteiger partial charge is 0.268 e. The van der Waals surface area contributed by atoms with Crippen molar-refractivity contribution < 1.29 is 9.59 Å². The van der Waals surface area contributed by atoms with Crippen molar-refractivity contribution >= 4 is 28.9 Å². The molecule has 3 rings (SSSR count). The van der Waals surface area contributed by atoms with E-state index in [1.807, 2.05) is 0 Å². The van der Waals surface area contributed by atoms with Crippen molar-refractivity contribution in [1.29, 1.82) is 0 Å². The zero-order chi connectivity index (χ0) is 13.6. The molecule has 0 saturated carbocycles. The van der Waals surface area contributed by atoms with Gasteiger partial charge in [-0.25, -0.2) is 4.90 Å². The van der Waals surface area contributed by atoms with Gasteiger partial charge in [-0.15, -0.1) is 0 Å². The van der Waals surface area contributed by atoms with Gasteiger partial charge in [0.15, 0.2) is 0 Å². The maximum absolute atomic E-state index is 12.3. The number of carbonyl (C=O) groups excluding carboxylic acids is 2. The van der Waals surface area contributed by atoms with Crippen molar-refractivity contribution in [2.75, 3.05) is 16.4 Å². The van der Waals surface area contributed by atoms with E-state index in [0.29, 0.717) is 22.6 Å². The van der Waals surface area contributed by atoms with E-state index in [4.69, 9.17) is 11.5 Å². The summed E-state index contributed by atoms with van der Waals surface area (Å²) in [4.78, 5) is 25.7. The fourth-order valence-electron chi connectivity index (χ4n) is 2.17. The lowest BCUT2D eigenvalue weighted by atomic mass is 10.1. The van der Waals surface area contributed by atoms with Crippen LogP contribution >= 0.6 is 0 Å². The summed E-state index contributed by atoms with van der Waals surface area (Å²) in [6, 6.07) is 11.4. The van der Waals surface area contributed by atoms with Gasteiger partial charge in [-0.1, -0.05) is 6.07 Å². The highest BCUT2D eigenvalue weighted by atomic mass is 16.2. The highest BCUT2D eigenvalue weighted by molar-refractivity contribution is 6.35. The molecule has 0 aromatic heterocycles. The van der Waals surface area contributed by atoms with Gasteiger partial charge in [0.25, 0.3) is 11.8 Å². The number of imide groups is 1. The van der Waals surface area contributed by atoms with E-state index in [1.165, 1.54) is 0 Å². The molecule has 2 aromatic carbocycles. The SMILES string of the molecule is Nc1ccc(N2C(=O)c3cccc(N)c3C2=O)cc1. The summed E-state index contributed by atoms with van der Waals surface area (Å²) in [5.74, 6) is -0.764. The lowest BCUT2D eigenvalue weighted by Crippen LogP contribution is -2.29. The standard InChI is InChI=1S/C14H11N3O2/c15-8-4-6-9(7-5-8)17-13(18)10-2-1-3-11(16)12(10)14(17)19/h1-7H,15-16H2. The van der Waals surface area contributed by atoms with Gasteiger partial charge in [-0.3, -0.25) is 9.59 Å². The molecule has 5 nitrogen and oxygen atoms in total. The quantitative estimate of drug-likeness (QED) is 0.597. The predicted molar refractivity (Wildman–Crippen MR) is 72.8 cm³/mol. The molecule has 0 radical (unpaired) electrons. The molecule has 5 heteroatoms. The summed E-state index contributed by atoms with van der Waals surface area (Å²) < 4.78 is 0. The van der Waals surface area contributed by atoms with E-state index < -0.39 is 5.91 Å². The Hall–Kier alpha value is -2.82. The van der Waals surface area contributed by atoms with E-state index in [-0.39, 0.29) is 11.5 Å². The molecule has 1 aliphatic rings. The summed E-state index contributed by atoms with van der Waals surface area (Å²) in [6.07, 6.45) is 0. The number of nitrogen functional groups attached to an aromatic ring is 2. The second kappa shape index (κ2) is 3.84. The van der Waals surface area contributed by atoms with Gasteiger partial charge in [0.05, 0.1) is 16.8 Å². The highest BCUT2D eigenvalue weighted by Crippen LogP contribution is 2.31. The molecule has 2 amide bonds. The number of fused-ring (bicyclic) bond motifs is 1. The molecule has 1 heterocycles. The molecule has 2 aromatic rings. The van der Waals surface area contributed by atoms with Gasteiger partial charge in [-0.2, -0.15) is 0 Å². The van der Waals surface area contributed by atoms with E-state index in [1.54, 1.807) is 42.5 Å². The Labute approximate surface area is 109 Å². The molecular weight excluding hydrogens is 242 g/mol. The number of hydrogen-bond donors (Lipinski definition) is 2. The summed E-state index contributed by atoms with van der Waals surface area (Å²) in [6.45, 7) is 0. The molecule has 0 saturated heterocycles. The van der Waals surface area contributed by atoms with E-state index in [0.717, 1.165) is 4.90 Å². The Kier molecular flexibility index (Phi) is 2.28. The largest absolute Gasteiger partial charge is 0.399 e. The summed E-state index contributed by atoms with van der Waals surface area (Å²) in [5, 5.41) is 0. The van der Waals surface area contributed by atoms with Crippen LogP contribution in [0.3, 0.4) is 0 Å². The minimum absolute atomic E-state index is 0.268. The summed E-state index contributed by atoms with van der Waals surface area (Å²) in [7, 11) is 0. The minimum atomic E-state index is -0.400. The van der Waals surface area contributed by atoms with Crippen molar-refractivity contribution in [3.8, 4) is 0 Å².